The number of nitrogens with one attached hydrogen (secondary N) is 1. The fraction of sp³-hybridized carbons (Fsp3) is 0.818. The van der Waals surface area contributed by atoms with Crippen molar-refractivity contribution in [3.63, 3.8) is 0 Å². The second-order valence-electron chi connectivity index (χ2n) is 4.52. The van der Waals surface area contributed by atoms with Crippen molar-refractivity contribution in [1.29, 1.82) is 0 Å². The van der Waals surface area contributed by atoms with Crippen LogP contribution in [0.1, 0.15) is 19.8 Å². The minimum atomic E-state index is -0.212. The van der Waals surface area contributed by atoms with Crippen molar-refractivity contribution in [2.24, 2.45) is 0 Å². The maximum atomic E-state index is 11.4. The first-order chi connectivity index (χ1) is 8.18. The molecule has 2 rings (SSSR count). The van der Waals surface area contributed by atoms with Gasteiger partial charge in [-0.25, -0.2) is 9.59 Å². The third kappa shape index (κ3) is 2.81. The molecule has 0 aromatic heterocycles. The number of hydrogen-bond acceptors (Lipinski definition) is 3. The molecule has 0 aromatic carbocycles. The Morgan fingerprint density at radius 2 is 2.24 bits per heavy atom. The molecule has 2 fully saturated rings. The Morgan fingerprint density at radius 1 is 1.41 bits per heavy atom. The van der Waals surface area contributed by atoms with Crippen molar-refractivity contribution in [2.75, 3.05) is 32.8 Å². The van der Waals surface area contributed by atoms with Crippen LogP contribution in [0.25, 0.3) is 0 Å². The largest absolute Gasteiger partial charge is 0.448 e. The van der Waals surface area contributed by atoms with Crippen LogP contribution in [0, 0.1) is 0 Å². The molecule has 96 valence electrons. The van der Waals surface area contributed by atoms with Crippen LogP contribution < -0.4 is 5.32 Å². The molecule has 2 aliphatic heterocycles. The number of ether oxygens (including phenoxy) is 1. The molecule has 6 heteroatoms. The molecule has 0 aliphatic carbocycles. The van der Waals surface area contributed by atoms with E-state index in [9.17, 15) is 9.59 Å². The minimum absolute atomic E-state index is 0.0260. The van der Waals surface area contributed by atoms with Gasteiger partial charge in [-0.3, -0.25) is 0 Å². The Bertz CT molecular complexity index is 308. The van der Waals surface area contributed by atoms with E-state index in [2.05, 4.69) is 5.32 Å². The van der Waals surface area contributed by atoms with Gasteiger partial charge in [0, 0.05) is 25.7 Å². The summed E-state index contributed by atoms with van der Waals surface area (Å²) in [5.41, 5.74) is 0. The van der Waals surface area contributed by atoms with E-state index in [1.54, 1.807) is 4.90 Å². The van der Waals surface area contributed by atoms with Gasteiger partial charge < -0.3 is 19.9 Å². The molecular formula is C11H19N3O3. The monoisotopic (exact) mass is 241 g/mol. The molecular weight excluding hydrogens is 222 g/mol. The standard InChI is InChI=1S/C11H19N3O3/c1-9(14-6-4-12-10(14)15)3-2-5-13-7-8-17-11(13)16/h9H,2-8H2,1H3,(H,12,15). The van der Waals surface area contributed by atoms with Gasteiger partial charge in [0.05, 0.1) is 6.54 Å². The summed E-state index contributed by atoms with van der Waals surface area (Å²) in [6, 6.07) is 0.259. The predicted octanol–water partition coefficient (Wildman–Crippen LogP) is 0.633. The predicted molar refractivity (Wildman–Crippen MR) is 61.7 cm³/mol. The van der Waals surface area contributed by atoms with Crippen LogP contribution in [0.2, 0.25) is 0 Å². The Morgan fingerprint density at radius 3 is 2.82 bits per heavy atom. The quantitative estimate of drug-likeness (QED) is 0.768. The second-order valence-corrected chi connectivity index (χ2v) is 4.52. The average Bonchev–Trinajstić information content (AvgIpc) is 2.88. The lowest BCUT2D eigenvalue weighted by Gasteiger charge is -2.23. The van der Waals surface area contributed by atoms with Gasteiger partial charge in [-0.05, 0) is 19.8 Å². The zero-order valence-electron chi connectivity index (χ0n) is 10.1. The van der Waals surface area contributed by atoms with E-state index in [1.165, 1.54) is 0 Å². The van der Waals surface area contributed by atoms with Gasteiger partial charge in [0.1, 0.15) is 6.61 Å². The van der Waals surface area contributed by atoms with Crippen molar-refractivity contribution in [3.05, 3.63) is 0 Å². The molecule has 17 heavy (non-hydrogen) atoms. The maximum absolute atomic E-state index is 11.4. The molecule has 6 nitrogen and oxygen atoms in total. The molecule has 1 unspecified atom stereocenters. The number of amides is 3. The number of hydrogen-bond donors (Lipinski definition) is 1. The lowest BCUT2D eigenvalue weighted by molar-refractivity contribution is 0.156. The van der Waals surface area contributed by atoms with Crippen LogP contribution >= 0.6 is 0 Å². The molecule has 0 aromatic rings. The van der Waals surface area contributed by atoms with Crippen LogP contribution in [0.4, 0.5) is 9.59 Å². The van der Waals surface area contributed by atoms with Gasteiger partial charge in [0.2, 0.25) is 0 Å². The molecule has 3 amide bonds. The van der Waals surface area contributed by atoms with Gasteiger partial charge in [0.25, 0.3) is 0 Å². The lowest BCUT2D eigenvalue weighted by Crippen LogP contribution is -2.36. The molecule has 0 saturated carbocycles. The second kappa shape index (κ2) is 5.25. The highest BCUT2D eigenvalue weighted by molar-refractivity contribution is 5.76. The van der Waals surface area contributed by atoms with E-state index < -0.39 is 0 Å². The summed E-state index contributed by atoms with van der Waals surface area (Å²) in [6.45, 7) is 5.49. The highest BCUT2D eigenvalue weighted by atomic mass is 16.6. The van der Waals surface area contributed by atoms with Crippen molar-refractivity contribution in [3.8, 4) is 0 Å². The third-order valence-corrected chi connectivity index (χ3v) is 3.32. The molecule has 1 N–H and O–H groups in total. The van der Waals surface area contributed by atoms with Crippen molar-refractivity contribution >= 4 is 12.1 Å². The Hall–Kier alpha value is -1.46. The number of urea groups is 1. The summed E-state index contributed by atoms with van der Waals surface area (Å²) in [7, 11) is 0. The fourth-order valence-corrected chi connectivity index (χ4v) is 2.27. The zero-order valence-corrected chi connectivity index (χ0v) is 10.1. The molecule has 0 bridgehead atoms. The van der Waals surface area contributed by atoms with Crippen LogP contribution in [-0.2, 0) is 4.74 Å². The Kier molecular flexibility index (Phi) is 3.71. The first-order valence-electron chi connectivity index (χ1n) is 6.14. The lowest BCUT2D eigenvalue weighted by atomic mass is 10.1. The molecule has 0 radical (unpaired) electrons. The molecule has 2 aliphatic rings. The van der Waals surface area contributed by atoms with E-state index in [1.807, 2.05) is 11.8 Å². The summed E-state index contributed by atoms with van der Waals surface area (Å²) >= 11 is 0. The van der Waals surface area contributed by atoms with Gasteiger partial charge in [-0.1, -0.05) is 0 Å². The first kappa shape index (κ1) is 12.0. The van der Waals surface area contributed by atoms with Crippen LogP contribution in [-0.4, -0.2) is 60.8 Å². The van der Waals surface area contributed by atoms with E-state index in [0.29, 0.717) is 13.2 Å². The molecule has 1 atom stereocenters. The van der Waals surface area contributed by atoms with E-state index in [4.69, 9.17) is 4.74 Å². The third-order valence-electron chi connectivity index (χ3n) is 3.32. The number of rotatable bonds is 5. The van der Waals surface area contributed by atoms with Gasteiger partial charge in [-0.15, -0.1) is 0 Å². The number of cyclic esters (lactones) is 1. The molecule has 2 saturated heterocycles. The zero-order chi connectivity index (χ0) is 12.3. The summed E-state index contributed by atoms with van der Waals surface area (Å²) in [5, 5.41) is 2.79. The number of nitrogens with zero attached hydrogens (tertiary/aromatic N) is 2. The Labute approximate surface area is 101 Å². The first-order valence-corrected chi connectivity index (χ1v) is 6.14. The summed E-state index contributed by atoms with van der Waals surface area (Å²) in [4.78, 5) is 26.2. The van der Waals surface area contributed by atoms with Crippen molar-refractivity contribution < 1.29 is 14.3 Å². The number of carbonyl (C=O) groups excluding carboxylic acids is 2. The highest BCUT2D eigenvalue weighted by Crippen LogP contribution is 2.11. The van der Waals surface area contributed by atoms with Gasteiger partial charge >= 0.3 is 12.1 Å². The van der Waals surface area contributed by atoms with E-state index in [-0.39, 0.29) is 18.2 Å². The normalized spacial score (nSPS) is 21.7. The maximum Gasteiger partial charge on any atom is 0.409 e. The minimum Gasteiger partial charge on any atom is -0.448 e. The fourth-order valence-electron chi connectivity index (χ4n) is 2.27. The van der Waals surface area contributed by atoms with E-state index in [0.717, 1.165) is 32.5 Å². The van der Waals surface area contributed by atoms with Crippen molar-refractivity contribution in [2.45, 2.75) is 25.8 Å². The SMILES string of the molecule is CC(CCCN1CCOC1=O)N1CCNC1=O. The Balaban J connectivity index is 1.67. The average molecular weight is 241 g/mol. The van der Waals surface area contributed by atoms with Crippen LogP contribution in [0.15, 0.2) is 0 Å². The number of carbonyl (C=O) groups is 2. The van der Waals surface area contributed by atoms with E-state index >= 15 is 0 Å². The van der Waals surface area contributed by atoms with Crippen LogP contribution in [0.5, 0.6) is 0 Å². The summed E-state index contributed by atoms with van der Waals surface area (Å²) in [6.07, 6.45) is 1.61. The van der Waals surface area contributed by atoms with Gasteiger partial charge in [-0.2, -0.15) is 0 Å². The van der Waals surface area contributed by atoms with Crippen LogP contribution in [0.3, 0.4) is 0 Å². The topological polar surface area (TPSA) is 61.9 Å². The van der Waals surface area contributed by atoms with Crippen molar-refractivity contribution in [1.82, 2.24) is 15.1 Å². The molecule has 0 spiro atoms. The summed E-state index contributed by atoms with van der Waals surface area (Å²) < 4.78 is 4.85. The highest BCUT2D eigenvalue weighted by Gasteiger charge is 2.25. The van der Waals surface area contributed by atoms with Gasteiger partial charge in [0.15, 0.2) is 0 Å². The smallest absolute Gasteiger partial charge is 0.409 e. The molecule has 2 heterocycles. The summed E-state index contributed by atoms with van der Waals surface area (Å²) in [5.74, 6) is 0.